The first-order valence-electron chi connectivity index (χ1n) is 9.50. The molecule has 0 amide bonds. The number of benzene rings is 2. The van der Waals surface area contributed by atoms with Gasteiger partial charge in [0, 0.05) is 29.7 Å². The Labute approximate surface area is 180 Å². The van der Waals surface area contributed by atoms with Crippen molar-refractivity contribution in [3.05, 3.63) is 40.9 Å². The second kappa shape index (κ2) is 9.69. The number of hydrogen-bond acceptors (Lipinski definition) is 6. The number of rotatable bonds is 8. The minimum Gasteiger partial charge on any atom is -0.492 e. The quantitative estimate of drug-likeness (QED) is 0.612. The Morgan fingerprint density at radius 3 is 2.38 bits per heavy atom. The van der Waals surface area contributed by atoms with Gasteiger partial charge in [-0.3, -0.25) is 4.72 Å². The number of morpholine rings is 1. The molecule has 0 radical (unpaired) electrons. The van der Waals surface area contributed by atoms with E-state index in [0.29, 0.717) is 48.1 Å². The van der Waals surface area contributed by atoms with Crippen molar-refractivity contribution in [1.29, 1.82) is 0 Å². The van der Waals surface area contributed by atoms with Crippen molar-refractivity contribution in [1.82, 2.24) is 0 Å². The highest BCUT2D eigenvalue weighted by Gasteiger charge is 2.23. The summed E-state index contributed by atoms with van der Waals surface area (Å²) in [5, 5.41) is 0. The zero-order valence-corrected chi connectivity index (χ0v) is 18.9. The summed E-state index contributed by atoms with van der Waals surface area (Å²) in [6.45, 7) is 7.34. The lowest BCUT2D eigenvalue weighted by Crippen LogP contribution is -2.36. The summed E-state index contributed by atoms with van der Waals surface area (Å²) in [5.41, 5.74) is 1.20. The smallest absolute Gasteiger partial charge is 0.263 e. The summed E-state index contributed by atoms with van der Waals surface area (Å²) in [6.07, 6.45) is 0. The summed E-state index contributed by atoms with van der Waals surface area (Å²) in [5.74, 6) is 1.05. The number of anilines is 2. The van der Waals surface area contributed by atoms with Crippen molar-refractivity contribution in [2.24, 2.45) is 0 Å². The molecule has 0 bridgehead atoms. The SMILES string of the molecule is CCOc1cc(N2CCOCC2)c(OCC)cc1NS(=O)(=O)c1ccccc1Br. The molecular weight excluding hydrogens is 460 g/mol. The third-order valence-electron chi connectivity index (χ3n) is 4.38. The largest absolute Gasteiger partial charge is 0.492 e. The Balaban J connectivity index is 2.03. The summed E-state index contributed by atoms with van der Waals surface area (Å²) in [4.78, 5) is 2.31. The first-order chi connectivity index (χ1) is 14.0. The van der Waals surface area contributed by atoms with Crippen molar-refractivity contribution in [2.75, 3.05) is 49.1 Å². The Hall–Kier alpha value is -1.97. The molecule has 2 aromatic carbocycles. The van der Waals surface area contributed by atoms with Crippen LogP contribution in [0.4, 0.5) is 11.4 Å². The molecule has 1 saturated heterocycles. The highest BCUT2D eigenvalue weighted by molar-refractivity contribution is 9.10. The van der Waals surface area contributed by atoms with E-state index < -0.39 is 10.0 Å². The van der Waals surface area contributed by atoms with Crippen molar-refractivity contribution in [2.45, 2.75) is 18.7 Å². The highest BCUT2D eigenvalue weighted by Crippen LogP contribution is 2.40. The van der Waals surface area contributed by atoms with Crippen LogP contribution in [0.25, 0.3) is 0 Å². The lowest BCUT2D eigenvalue weighted by Gasteiger charge is -2.31. The first-order valence-corrected chi connectivity index (χ1v) is 11.8. The molecule has 1 aliphatic rings. The zero-order chi connectivity index (χ0) is 20.9. The maximum absolute atomic E-state index is 13.0. The van der Waals surface area contributed by atoms with Gasteiger partial charge < -0.3 is 19.1 Å². The van der Waals surface area contributed by atoms with E-state index in [4.69, 9.17) is 14.2 Å². The van der Waals surface area contributed by atoms with Gasteiger partial charge in [0.15, 0.2) is 0 Å². The average Bonchev–Trinajstić information content (AvgIpc) is 2.71. The van der Waals surface area contributed by atoms with Gasteiger partial charge in [-0.25, -0.2) is 8.42 Å². The molecule has 29 heavy (non-hydrogen) atoms. The van der Waals surface area contributed by atoms with Crippen LogP contribution in [0.1, 0.15) is 13.8 Å². The predicted molar refractivity (Wildman–Crippen MR) is 117 cm³/mol. The van der Waals surface area contributed by atoms with Gasteiger partial charge >= 0.3 is 0 Å². The number of nitrogens with zero attached hydrogens (tertiary/aromatic N) is 1. The third-order valence-corrected chi connectivity index (χ3v) is 6.76. The fraction of sp³-hybridized carbons (Fsp3) is 0.400. The van der Waals surface area contributed by atoms with Crippen LogP contribution in [-0.4, -0.2) is 47.9 Å². The predicted octanol–water partition coefficient (Wildman–Crippen LogP) is 3.88. The van der Waals surface area contributed by atoms with Gasteiger partial charge in [-0.05, 0) is 41.9 Å². The Morgan fingerprint density at radius 2 is 1.72 bits per heavy atom. The van der Waals surface area contributed by atoms with Crippen LogP contribution < -0.4 is 19.1 Å². The molecule has 2 aromatic rings. The van der Waals surface area contributed by atoms with Crippen molar-refractivity contribution >= 4 is 37.3 Å². The van der Waals surface area contributed by atoms with E-state index in [-0.39, 0.29) is 4.90 Å². The Bertz CT molecular complexity index is 946. The van der Waals surface area contributed by atoms with Crippen LogP contribution in [-0.2, 0) is 14.8 Å². The number of nitrogens with one attached hydrogen (secondary N) is 1. The van der Waals surface area contributed by atoms with E-state index in [1.54, 1.807) is 30.3 Å². The van der Waals surface area contributed by atoms with E-state index in [0.717, 1.165) is 18.8 Å². The fourth-order valence-electron chi connectivity index (χ4n) is 3.09. The van der Waals surface area contributed by atoms with E-state index in [1.807, 2.05) is 19.9 Å². The van der Waals surface area contributed by atoms with Crippen LogP contribution in [0.3, 0.4) is 0 Å². The maximum atomic E-state index is 13.0. The van der Waals surface area contributed by atoms with Crippen molar-refractivity contribution in [3.8, 4) is 11.5 Å². The second-order valence-electron chi connectivity index (χ2n) is 6.32. The van der Waals surface area contributed by atoms with Crippen LogP contribution in [0.5, 0.6) is 11.5 Å². The fourth-order valence-corrected chi connectivity index (χ4v) is 5.15. The van der Waals surface area contributed by atoms with Gasteiger partial charge in [-0.15, -0.1) is 0 Å². The summed E-state index contributed by atoms with van der Waals surface area (Å²) in [6, 6.07) is 10.2. The second-order valence-corrected chi connectivity index (χ2v) is 8.82. The van der Waals surface area contributed by atoms with Crippen molar-refractivity contribution in [3.63, 3.8) is 0 Å². The van der Waals surface area contributed by atoms with Gasteiger partial charge in [0.2, 0.25) is 0 Å². The van der Waals surface area contributed by atoms with Gasteiger partial charge in [0.05, 0.1) is 37.8 Å². The maximum Gasteiger partial charge on any atom is 0.263 e. The molecule has 1 fully saturated rings. The van der Waals surface area contributed by atoms with Crippen LogP contribution >= 0.6 is 15.9 Å². The molecule has 0 atom stereocenters. The number of ether oxygens (including phenoxy) is 3. The molecule has 1 heterocycles. The topological polar surface area (TPSA) is 77.1 Å². The number of halogens is 1. The van der Waals surface area contributed by atoms with E-state index in [2.05, 4.69) is 25.6 Å². The molecule has 0 aliphatic carbocycles. The van der Waals surface area contributed by atoms with E-state index >= 15 is 0 Å². The molecule has 0 spiro atoms. The molecule has 7 nitrogen and oxygen atoms in total. The summed E-state index contributed by atoms with van der Waals surface area (Å²) < 4.78 is 46.1. The third kappa shape index (κ3) is 5.15. The van der Waals surface area contributed by atoms with Crippen LogP contribution in [0.2, 0.25) is 0 Å². The Morgan fingerprint density at radius 1 is 1.07 bits per heavy atom. The lowest BCUT2D eigenvalue weighted by molar-refractivity contribution is 0.122. The molecule has 0 saturated carbocycles. The number of sulfonamides is 1. The van der Waals surface area contributed by atoms with Gasteiger partial charge in [-0.2, -0.15) is 0 Å². The first kappa shape index (κ1) is 21.7. The molecule has 9 heteroatoms. The van der Waals surface area contributed by atoms with Crippen LogP contribution in [0, 0.1) is 0 Å². The Kier molecular flexibility index (Phi) is 7.26. The molecule has 3 rings (SSSR count). The molecule has 1 N–H and O–H groups in total. The number of hydrogen-bond donors (Lipinski definition) is 1. The van der Waals surface area contributed by atoms with Gasteiger partial charge in [0.25, 0.3) is 10.0 Å². The minimum atomic E-state index is -3.82. The van der Waals surface area contributed by atoms with Gasteiger partial charge in [0.1, 0.15) is 16.4 Å². The average molecular weight is 485 g/mol. The molecule has 1 aliphatic heterocycles. The highest BCUT2D eigenvalue weighted by atomic mass is 79.9. The minimum absolute atomic E-state index is 0.151. The monoisotopic (exact) mass is 484 g/mol. The van der Waals surface area contributed by atoms with Crippen LogP contribution in [0.15, 0.2) is 45.8 Å². The molecular formula is C20H25BrN2O5S. The zero-order valence-electron chi connectivity index (χ0n) is 16.5. The van der Waals surface area contributed by atoms with E-state index in [1.165, 1.54) is 0 Å². The van der Waals surface area contributed by atoms with Gasteiger partial charge in [-0.1, -0.05) is 12.1 Å². The van der Waals surface area contributed by atoms with Crippen molar-refractivity contribution < 1.29 is 22.6 Å². The normalized spacial score (nSPS) is 14.5. The van der Waals surface area contributed by atoms with E-state index in [9.17, 15) is 8.42 Å². The standard InChI is InChI=1S/C20H25BrN2O5S/c1-3-27-18-14-17(23-9-11-26-12-10-23)19(28-4-2)13-16(18)22-29(24,25)20-8-6-5-7-15(20)21/h5-8,13-14,22H,3-4,9-12H2,1-2H3. The molecule has 158 valence electrons. The molecule has 0 aromatic heterocycles. The summed E-state index contributed by atoms with van der Waals surface area (Å²) in [7, 11) is -3.82. The lowest BCUT2D eigenvalue weighted by atomic mass is 10.2. The summed E-state index contributed by atoms with van der Waals surface area (Å²) >= 11 is 3.30. The molecule has 0 unspecified atom stereocenters.